The van der Waals surface area contributed by atoms with Gasteiger partial charge in [0.25, 0.3) is 5.91 Å². The number of nitrogens with one attached hydrogen (secondary N) is 2. The van der Waals surface area contributed by atoms with Crippen molar-refractivity contribution in [2.75, 3.05) is 17.2 Å². The van der Waals surface area contributed by atoms with Crippen LogP contribution in [-0.2, 0) is 0 Å². The van der Waals surface area contributed by atoms with Gasteiger partial charge >= 0.3 is 0 Å². The van der Waals surface area contributed by atoms with Gasteiger partial charge in [0.15, 0.2) is 0 Å². The highest BCUT2D eigenvalue weighted by molar-refractivity contribution is 6.03. The van der Waals surface area contributed by atoms with E-state index in [2.05, 4.69) is 20.6 Å². The molecule has 0 radical (unpaired) electrons. The average Bonchev–Trinajstić information content (AvgIpc) is 2.67. The van der Waals surface area contributed by atoms with Crippen molar-refractivity contribution in [3.05, 3.63) is 71.2 Å². The topological polar surface area (TPSA) is 76.1 Å². The third-order valence-electron chi connectivity index (χ3n) is 4.37. The van der Waals surface area contributed by atoms with Crippen LogP contribution in [0.5, 0.6) is 5.75 Å². The molecule has 0 bridgehead atoms. The van der Waals surface area contributed by atoms with Gasteiger partial charge in [0, 0.05) is 11.8 Å². The summed E-state index contributed by atoms with van der Waals surface area (Å²) in [5.74, 6) is 1.48. The predicted molar refractivity (Wildman–Crippen MR) is 112 cm³/mol. The smallest absolute Gasteiger partial charge is 0.274 e. The van der Waals surface area contributed by atoms with Gasteiger partial charge in [0.2, 0.25) is 0 Å². The van der Waals surface area contributed by atoms with Gasteiger partial charge in [-0.15, -0.1) is 0 Å². The van der Waals surface area contributed by atoms with E-state index in [1.807, 2.05) is 63.2 Å². The number of ether oxygens (including phenoxy) is 1. The fourth-order valence-corrected chi connectivity index (χ4v) is 2.81. The van der Waals surface area contributed by atoms with Gasteiger partial charge in [0.05, 0.1) is 12.3 Å². The Bertz CT molecular complexity index is 1000. The van der Waals surface area contributed by atoms with E-state index in [1.165, 1.54) is 0 Å². The summed E-state index contributed by atoms with van der Waals surface area (Å²) >= 11 is 0. The Kier molecular flexibility index (Phi) is 5.89. The molecule has 28 heavy (non-hydrogen) atoms. The predicted octanol–water partition coefficient (Wildman–Crippen LogP) is 4.80. The van der Waals surface area contributed by atoms with Crippen LogP contribution in [0.1, 0.15) is 34.4 Å². The number of para-hydroxylation sites is 2. The van der Waals surface area contributed by atoms with Crippen LogP contribution in [0.4, 0.5) is 17.2 Å². The second-order valence-electron chi connectivity index (χ2n) is 6.44. The molecule has 0 spiro atoms. The number of aryl methyl sites for hydroxylation is 2. The number of hydrogen-bond donors (Lipinski definition) is 2. The van der Waals surface area contributed by atoms with E-state index in [0.29, 0.717) is 23.9 Å². The van der Waals surface area contributed by atoms with E-state index in [9.17, 15) is 4.79 Å². The highest BCUT2D eigenvalue weighted by Crippen LogP contribution is 2.27. The van der Waals surface area contributed by atoms with Gasteiger partial charge in [-0.05, 0) is 57.0 Å². The number of carbonyl (C=O) groups is 1. The van der Waals surface area contributed by atoms with Gasteiger partial charge in [-0.3, -0.25) is 4.79 Å². The second-order valence-corrected chi connectivity index (χ2v) is 6.44. The van der Waals surface area contributed by atoms with Gasteiger partial charge in [0.1, 0.15) is 23.1 Å². The maximum atomic E-state index is 12.8. The van der Waals surface area contributed by atoms with Crippen LogP contribution in [0.2, 0.25) is 0 Å². The number of aromatic nitrogens is 2. The minimum atomic E-state index is -0.277. The summed E-state index contributed by atoms with van der Waals surface area (Å²) in [6, 6.07) is 15.0. The standard InChI is InChI=1S/C22H24N4O2/c1-5-28-20-12-7-6-10-18(20)25-21-13-19(23-16(4)24-21)22(27)26-17-11-8-9-14(2)15(17)3/h6-13H,5H2,1-4H3,(H,26,27)(H,23,24,25). The van der Waals surface area contributed by atoms with E-state index in [4.69, 9.17) is 4.74 Å². The molecule has 144 valence electrons. The maximum absolute atomic E-state index is 12.8. The van der Waals surface area contributed by atoms with E-state index in [-0.39, 0.29) is 5.91 Å². The Hall–Kier alpha value is -3.41. The highest BCUT2D eigenvalue weighted by atomic mass is 16.5. The first kappa shape index (κ1) is 19.4. The zero-order chi connectivity index (χ0) is 20.1. The molecule has 2 N–H and O–H groups in total. The molecule has 0 aliphatic heterocycles. The first-order valence-corrected chi connectivity index (χ1v) is 9.20. The highest BCUT2D eigenvalue weighted by Gasteiger charge is 2.13. The summed E-state index contributed by atoms with van der Waals surface area (Å²) < 4.78 is 5.64. The average molecular weight is 376 g/mol. The molecule has 3 rings (SSSR count). The zero-order valence-corrected chi connectivity index (χ0v) is 16.5. The number of benzene rings is 2. The number of hydrogen-bond acceptors (Lipinski definition) is 5. The molecule has 0 fully saturated rings. The summed E-state index contributed by atoms with van der Waals surface area (Å²) in [6.45, 7) is 8.24. The van der Waals surface area contributed by atoms with Crippen molar-refractivity contribution >= 4 is 23.1 Å². The molecular weight excluding hydrogens is 352 g/mol. The Morgan fingerprint density at radius 3 is 2.54 bits per heavy atom. The van der Waals surface area contributed by atoms with Crippen LogP contribution < -0.4 is 15.4 Å². The molecule has 0 aliphatic carbocycles. The third kappa shape index (κ3) is 4.46. The Morgan fingerprint density at radius 1 is 1.00 bits per heavy atom. The Balaban J connectivity index is 1.85. The number of carbonyl (C=O) groups excluding carboxylic acids is 1. The molecule has 0 saturated heterocycles. The molecule has 0 unspecified atom stereocenters. The van der Waals surface area contributed by atoms with E-state index in [0.717, 1.165) is 28.3 Å². The molecule has 1 heterocycles. The molecule has 6 nitrogen and oxygen atoms in total. The van der Waals surface area contributed by atoms with Crippen molar-refractivity contribution in [3.8, 4) is 5.75 Å². The van der Waals surface area contributed by atoms with Crippen molar-refractivity contribution in [1.82, 2.24) is 9.97 Å². The SMILES string of the molecule is CCOc1ccccc1Nc1cc(C(=O)Nc2cccc(C)c2C)nc(C)n1. The normalized spacial score (nSPS) is 10.4. The van der Waals surface area contributed by atoms with Crippen molar-refractivity contribution in [1.29, 1.82) is 0 Å². The minimum Gasteiger partial charge on any atom is -0.492 e. The molecule has 0 atom stereocenters. The fraction of sp³-hybridized carbons (Fsp3) is 0.227. The van der Waals surface area contributed by atoms with Gasteiger partial charge in [-0.25, -0.2) is 9.97 Å². The molecule has 0 saturated carbocycles. The van der Waals surface area contributed by atoms with E-state index >= 15 is 0 Å². The zero-order valence-electron chi connectivity index (χ0n) is 16.5. The summed E-state index contributed by atoms with van der Waals surface area (Å²) in [6.07, 6.45) is 0. The van der Waals surface area contributed by atoms with Crippen molar-refractivity contribution in [3.63, 3.8) is 0 Å². The van der Waals surface area contributed by atoms with Crippen molar-refractivity contribution in [2.24, 2.45) is 0 Å². The lowest BCUT2D eigenvalue weighted by Gasteiger charge is -2.13. The Labute approximate surface area is 165 Å². The summed E-state index contributed by atoms with van der Waals surface area (Å²) in [5, 5.41) is 6.16. The van der Waals surface area contributed by atoms with Crippen LogP contribution >= 0.6 is 0 Å². The van der Waals surface area contributed by atoms with Crippen LogP contribution in [-0.4, -0.2) is 22.5 Å². The first-order valence-electron chi connectivity index (χ1n) is 9.20. The number of amides is 1. The van der Waals surface area contributed by atoms with Crippen LogP contribution in [0.3, 0.4) is 0 Å². The molecule has 6 heteroatoms. The number of rotatable bonds is 6. The summed E-state index contributed by atoms with van der Waals surface area (Å²) in [7, 11) is 0. The number of anilines is 3. The molecule has 1 amide bonds. The lowest BCUT2D eigenvalue weighted by atomic mass is 10.1. The molecule has 1 aromatic heterocycles. The van der Waals surface area contributed by atoms with Crippen molar-refractivity contribution < 1.29 is 9.53 Å². The largest absolute Gasteiger partial charge is 0.492 e. The maximum Gasteiger partial charge on any atom is 0.274 e. The van der Waals surface area contributed by atoms with Gasteiger partial charge < -0.3 is 15.4 Å². The lowest BCUT2D eigenvalue weighted by molar-refractivity contribution is 0.102. The van der Waals surface area contributed by atoms with Gasteiger partial charge in [-0.2, -0.15) is 0 Å². The van der Waals surface area contributed by atoms with E-state index < -0.39 is 0 Å². The monoisotopic (exact) mass is 376 g/mol. The summed E-state index contributed by atoms with van der Waals surface area (Å²) in [5.41, 5.74) is 4.00. The quantitative estimate of drug-likeness (QED) is 0.646. The first-order chi connectivity index (χ1) is 13.5. The summed E-state index contributed by atoms with van der Waals surface area (Å²) in [4.78, 5) is 21.4. The van der Waals surface area contributed by atoms with E-state index in [1.54, 1.807) is 13.0 Å². The molecular formula is C22H24N4O2. The molecule has 0 aliphatic rings. The number of nitrogens with zero attached hydrogens (tertiary/aromatic N) is 2. The second kappa shape index (κ2) is 8.52. The fourth-order valence-electron chi connectivity index (χ4n) is 2.81. The molecule has 3 aromatic rings. The molecule has 2 aromatic carbocycles. The lowest BCUT2D eigenvalue weighted by Crippen LogP contribution is -2.16. The Morgan fingerprint density at radius 2 is 1.75 bits per heavy atom. The van der Waals surface area contributed by atoms with Crippen LogP contribution in [0.15, 0.2) is 48.5 Å². The van der Waals surface area contributed by atoms with Crippen LogP contribution in [0, 0.1) is 20.8 Å². The van der Waals surface area contributed by atoms with Crippen LogP contribution in [0.25, 0.3) is 0 Å². The third-order valence-corrected chi connectivity index (χ3v) is 4.37. The van der Waals surface area contributed by atoms with Crippen molar-refractivity contribution in [2.45, 2.75) is 27.7 Å². The minimum absolute atomic E-state index is 0.277. The van der Waals surface area contributed by atoms with Gasteiger partial charge in [-0.1, -0.05) is 24.3 Å².